The highest BCUT2D eigenvalue weighted by molar-refractivity contribution is 5.75. The van der Waals surface area contributed by atoms with E-state index in [9.17, 15) is 19.2 Å². The second-order valence-corrected chi connectivity index (χ2v) is 13.4. The number of carboxylic acid groups (broad SMARTS) is 1. The summed E-state index contributed by atoms with van der Waals surface area (Å²) in [6, 6.07) is 0. The molecule has 0 heterocycles. The molecule has 18 heteroatoms. The van der Waals surface area contributed by atoms with Crippen LogP contribution in [0.5, 0.6) is 0 Å². The summed E-state index contributed by atoms with van der Waals surface area (Å²) in [5, 5.41) is 13.5. The van der Waals surface area contributed by atoms with Gasteiger partial charge in [-0.3, -0.25) is 9.59 Å². The van der Waals surface area contributed by atoms with Crippen molar-refractivity contribution in [2.75, 3.05) is 159 Å². The van der Waals surface area contributed by atoms with Crippen LogP contribution in [0.1, 0.15) is 94.9 Å². The number of aldehydes is 2. The Hall–Kier alpha value is -2.20. The molecule has 0 aliphatic rings. The average molecular weight is 907 g/mol. The molecule has 62 heavy (non-hydrogen) atoms. The van der Waals surface area contributed by atoms with Crippen molar-refractivity contribution in [1.82, 2.24) is 10.6 Å². The summed E-state index contributed by atoms with van der Waals surface area (Å²) >= 11 is 0. The first-order chi connectivity index (χ1) is 29.8. The second-order valence-electron chi connectivity index (χ2n) is 13.4. The van der Waals surface area contributed by atoms with Gasteiger partial charge in [-0.25, -0.2) is 0 Å². The number of methoxy groups -OCH3 is 1. The normalized spacial score (nSPS) is 10.3. The molecule has 18 nitrogen and oxygen atoms in total. The van der Waals surface area contributed by atoms with Crippen LogP contribution in [0.3, 0.4) is 0 Å². The van der Waals surface area contributed by atoms with Crippen LogP contribution in [0.15, 0.2) is 0 Å². The maximum absolute atomic E-state index is 10.7. The maximum Gasteiger partial charge on any atom is 0.303 e. The summed E-state index contributed by atoms with van der Waals surface area (Å²) in [4.78, 5) is 39.4. The number of aliphatic carboxylic acids is 1. The molecule has 0 rings (SSSR count). The van der Waals surface area contributed by atoms with Crippen LogP contribution < -0.4 is 10.6 Å². The Morgan fingerprint density at radius 1 is 0.565 bits per heavy atom. The van der Waals surface area contributed by atoms with Crippen molar-refractivity contribution in [2.45, 2.75) is 101 Å². The van der Waals surface area contributed by atoms with Crippen molar-refractivity contribution in [3.05, 3.63) is 0 Å². The van der Waals surface area contributed by atoms with Gasteiger partial charge < -0.3 is 77.4 Å². The summed E-state index contributed by atoms with van der Waals surface area (Å²) in [7, 11) is 3.60. The van der Waals surface area contributed by atoms with E-state index >= 15 is 0 Å². The monoisotopic (exact) mass is 907 g/mol. The van der Waals surface area contributed by atoms with Crippen LogP contribution in [0.4, 0.5) is 0 Å². The first-order valence-electron chi connectivity index (χ1n) is 22.2. The fraction of sp³-hybridized carbons (Fsp3) is 0.909. The molecular formula is C44H94N2O16. The SMILES string of the molecule is CC.CCC(=O)O.CCC=O.CCNC(=O)CC(C)C.CNCCOCCOCCOCCOCCOCCOCCOCCOCCOCCOCCC=O.COC(C)(C)C. The molecule has 0 aromatic rings. The van der Waals surface area contributed by atoms with Crippen molar-refractivity contribution in [3.63, 3.8) is 0 Å². The third-order valence-electron chi connectivity index (χ3n) is 6.27. The van der Waals surface area contributed by atoms with Gasteiger partial charge in [-0.1, -0.05) is 41.5 Å². The van der Waals surface area contributed by atoms with Crippen LogP contribution in [0.2, 0.25) is 0 Å². The van der Waals surface area contributed by atoms with E-state index in [1.165, 1.54) is 0 Å². The van der Waals surface area contributed by atoms with E-state index < -0.39 is 5.97 Å². The molecule has 0 aliphatic heterocycles. The number of carbonyl (C=O) groups is 4. The largest absolute Gasteiger partial charge is 0.481 e. The number of hydrogen-bond donors (Lipinski definition) is 3. The molecule has 0 unspecified atom stereocenters. The van der Waals surface area contributed by atoms with E-state index in [1.807, 2.05) is 69.4 Å². The first kappa shape index (κ1) is 71.4. The standard InChI is InChI=1S/C24H49NO11.C7H15NO.C5H12O.C3H6O2.C3H6O.C2H6/c1-25-3-6-28-8-10-30-12-14-32-16-18-34-20-22-36-24-23-35-21-19-33-17-15-31-13-11-29-9-7-27-5-2-4-26;1-4-8-7(9)5-6(2)3;1-5(2,3)6-4;1-2-3(4)5;1-2-3-4;1-2/h4,25H,2-3,5-24H2,1H3;6H,4-5H2,1-3H3,(H,8,9);1-4H3;2H2,1H3,(H,4,5);3H,2H2,1H3;1-2H3. The van der Waals surface area contributed by atoms with Crippen LogP contribution in [0.25, 0.3) is 0 Å². The van der Waals surface area contributed by atoms with Gasteiger partial charge in [-0.05, 0) is 40.7 Å². The zero-order valence-corrected chi connectivity index (χ0v) is 41.2. The van der Waals surface area contributed by atoms with E-state index in [-0.39, 0.29) is 17.9 Å². The number of carbonyl (C=O) groups excluding carboxylic acids is 3. The molecule has 0 atom stereocenters. The highest BCUT2D eigenvalue weighted by Crippen LogP contribution is 2.02. The molecule has 0 radical (unpaired) electrons. The summed E-state index contributed by atoms with van der Waals surface area (Å²) in [6.45, 7) is 31.6. The average Bonchev–Trinajstić information content (AvgIpc) is 3.25. The smallest absolute Gasteiger partial charge is 0.303 e. The van der Waals surface area contributed by atoms with Gasteiger partial charge in [0.25, 0.3) is 0 Å². The molecule has 376 valence electrons. The molecule has 0 saturated heterocycles. The molecule has 0 aliphatic carbocycles. The molecule has 0 aromatic heterocycles. The molecule has 0 bridgehead atoms. The Morgan fingerprint density at radius 2 is 0.823 bits per heavy atom. The van der Waals surface area contributed by atoms with Gasteiger partial charge >= 0.3 is 5.97 Å². The van der Waals surface area contributed by atoms with Crippen LogP contribution in [-0.4, -0.2) is 195 Å². The number of ether oxygens (including phenoxy) is 11. The highest BCUT2D eigenvalue weighted by Gasteiger charge is 2.04. The Balaban J connectivity index is -0.000000241. The van der Waals surface area contributed by atoms with Gasteiger partial charge in [0, 0.05) is 45.9 Å². The molecular weight excluding hydrogens is 812 g/mol. The van der Waals surface area contributed by atoms with Crippen molar-refractivity contribution in [1.29, 1.82) is 0 Å². The summed E-state index contributed by atoms with van der Waals surface area (Å²) < 4.78 is 58.8. The van der Waals surface area contributed by atoms with Gasteiger partial charge in [0.2, 0.25) is 5.91 Å². The Bertz CT molecular complexity index is 837. The summed E-state index contributed by atoms with van der Waals surface area (Å²) in [5.41, 5.74) is 0.0417. The fourth-order valence-corrected chi connectivity index (χ4v) is 3.03. The Labute approximate surface area is 376 Å². The molecule has 0 fully saturated rings. The first-order valence-corrected chi connectivity index (χ1v) is 22.2. The quantitative estimate of drug-likeness (QED) is 0.0568. The number of hydrogen-bond acceptors (Lipinski definition) is 16. The molecule has 3 N–H and O–H groups in total. The van der Waals surface area contributed by atoms with Crippen LogP contribution in [-0.2, 0) is 71.3 Å². The lowest BCUT2D eigenvalue weighted by Gasteiger charge is -2.14. The van der Waals surface area contributed by atoms with Crippen molar-refractivity contribution in [3.8, 4) is 0 Å². The molecule has 0 spiro atoms. The van der Waals surface area contributed by atoms with Gasteiger partial charge in [0.1, 0.15) is 12.6 Å². The van der Waals surface area contributed by atoms with Crippen LogP contribution >= 0.6 is 0 Å². The fourth-order valence-electron chi connectivity index (χ4n) is 3.03. The third-order valence-corrected chi connectivity index (χ3v) is 6.27. The van der Waals surface area contributed by atoms with Crippen LogP contribution in [0, 0.1) is 5.92 Å². The van der Waals surface area contributed by atoms with Crippen molar-refractivity contribution in [2.24, 2.45) is 5.92 Å². The maximum atomic E-state index is 10.7. The third kappa shape index (κ3) is 97.2. The number of amides is 1. The minimum atomic E-state index is -0.745. The molecule has 1 amide bonds. The molecule has 0 saturated carbocycles. The zero-order chi connectivity index (χ0) is 48.2. The van der Waals surface area contributed by atoms with E-state index in [2.05, 4.69) is 10.6 Å². The second kappa shape index (κ2) is 67.9. The predicted molar refractivity (Wildman–Crippen MR) is 243 cm³/mol. The topological polar surface area (TPSA) is 214 Å². The van der Waals surface area contributed by atoms with E-state index in [4.69, 9.17) is 57.2 Å². The minimum absolute atomic E-state index is 0.0417. The lowest BCUT2D eigenvalue weighted by molar-refractivity contribution is -0.136. The predicted octanol–water partition coefficient (Wildman–Crippen LogP) is 4.66. The van der Waals surface area contributed by atoms with Gasteiger partial charge in [-0.2, -0.15) is 0 Å². The minimum Gasteiger partial charge on any atom is -0.481 e. The zero-order valence-electron chi connectivity index (χ0n) is 41.2. The number of likely N-dealkylation sites (N-methyl/N-ethyl adjacent to an activating group) is 1. The summed E-state index contributed by atoms with van der Waals surface area (Å²) in [5.74, 6) is -0.117. The number of carboxylic acids is 1. The number of nitrogens with one attached hydrogen (secondary N) is 2. The van der Waals surface area contributed by atoms with E-state index in [0.29, 0.717) is 157 Å². The Kier molecular flexibility index (Phi) is 78.2. The lowest BCUT2D eigenvalue weighted by atomic mass is 10.1. The lowest BCUT2D eigenvalue weighted by Crippen LogP contribution is -2.23. The summed E-state index contributed by atoms with van der Waals surface area (Å²) in [6.07, 6.45) is 3.64. The Morgan fingerprint density at radius 3 is 1.00 bits per heavy atom. The van der Waals surface area contributed by atoms with Crippen molar-refractivity contribution < 1.29 is 76.4 Å². The van der Waals surface area contributed by atoms with Gasteiger partial charge in [0.15, 0.2) is 0 Å². The van der Waals surface area contributed by atoms with E-state index in [1.54, 1.807) is 14.0 Å². The highest BCUT2D eigenvalue weighted by atomic mass is 16.6. The van der Waals surface area contributed by atoms with E-state index in [0.717, 1.165) is 25.7 Å². The molecule has 0 aromatic carbocycles. The number of rotatable bonds is 38. The van der Waals surface area contributed by atoms with Gasteiger partial charge in [-0.15, -0.1) is 0 Å². The van der Waals surface area contributed by atoms with Crippen molar-refractivity contribution >= 4 is 24.4 Å². The van der Waals surface area contributed by atoms with Gasteiger partial charge in [0.05, 0.1) is 138 Å².